The van der Waals surface area contributed by atoms with Gasteiger partial charge < -0.3 is 4.42 Å². The molecular weight excluding hydrogens is 172 g/mol. The highest BCUT2D eigenvalue weighted by Gasteiger charge is 1.60. The van der Waals surface area contributed by atoms with E-state index in [1.165, 1.54) is 24.2 Å². The Morgan fingerprint density at radius 3 is 2.25 bits per heavy atom. The molecule has 0 unspecified atom stereocenters. The molecule has 0 atom stereocenters. The van der Waals surface area contributed by atoms with E-state index in [0.29, 0.717) is 0 Å². The van der Waals surface area contributed by atoms with Gasteiger partial charge in [-0.15, -0.1) is 0 Å². The van der Waals surface area contributed by atoms with Crippen LogP contribution in [0.2, 0.25) is 0 Å². The highest BCUT2D eigenvalue weighted by atomic mass is 32.1. The van der Waals surface area contributed by atoms with Crippen LogP contribution < -0.4 is 0 Å². The lowest BCUT2D eigenvalue weighted by Crippen LogP contribution is -1.38. The van der Waals surface area contributed by atoms with Gasteiger partial charge in [0.05, 0.1) is 6.20 Å². The van der Waals surface area contributed by atoms with Crippen LogP contribution in [0.15, 0.2) is 40.9 Å². The summed E-state index contributed by atoms with van der Waals surface area (Å²) in [6.45, 7) is 4.00. The highest BCUT2D eigenvalue weighted by Crippen LogP contribution is 1.83. The van der Waals surface area contributed by atoms with Crippen LogP contribution in [-0.2, 0) is 0 Å². The average molecular weight is 184 g/mol. The van der Waals surface area contributed by atoms with Crippen molar-refractivity contribution in [2.45, 2.75) is 13.8 Å². The molecule has 3 nitrogen and oxygen atoms in total. The summed E-state index contributed by atoms with van der Waals surface area (Å²) in [5, 5.41) is 1.93. The lowest BCUT2D eigenvalue weighted by atomic mass is 10.8. The van der Waals surface area contributed by atoms with E-state index in [4.69, 9.17) is 0 Å². The molecule has 0 fully saturated rings. The van der Waals surface area contributed by atoms with Crippen molar-refractivity contribution in [3.8, 4) is 0 Å². The molecule has 0 aliphatic carbocycles. The van der Waals surface area contributed by atoms with Crippen molar-refractivity contribution in [1.82, 2.24) is 9.36 Å². The predicted molar refractivity (Wildman–Crippen MR) is 50.0 cm³/mol. The van der Waals surface area contributed by atoms with Crippen LogP contribution in [0, 0.1) is 0 Å². The van der Waals surface area contributed by atoms with Gasteiger partial charge in [0.25, 0.3) is 0 Å². The van der Waals surface area contributed by atoms with Crippen molar-refractivity contribution >= 4 is 11.5 Å². The first kappa shape index (κ1) is 10.8. The number of hydrogen-bond acceptors (Lipinski definition) is 4. The number of hydrogen-bond donors (Lipinski definition) is 0. The van der Waals surface area contributed by atoms with Crippen LogP contribution in [0.25, 0.3) is 0 Å². The van der Waals surface area contributed by atoms with Crippen LogP contribution in [0.5, 0.6) is 0 Å². The molecule has 0 N–H and O–H groups in total. The maximum absolute atomic E-state index is 4.47. The summed E-state index contributed by atoms with van der Waals surface area (Å²) < 4.78 is 8.24. The minimum absolute atomic E-state index is 1.38. The first-order valence-electron chi connectivity index (χ1n) is 3.66. The normalized spacial score (nSPS) is 7.17. The van der Waals surface area contributed by atoms with Crippen molar-refractivity contribution < 1.29 is 4.42 Å². The predicted octanol–water partition coefficient (Wildman–Crippen LogP) is 2.84. The van der Waals surface area contributed by atoms with E-state index >= 15 is 0 Å². The molecule has 0 spiro atoms. The van der Waals surface area contributed by atoms with Crippen LogP contribution in [0.1, 0.15) is 13.8 Å². The van der Waals surface area contributed by atoms with E-state index < -0.39 is 0 Å². The smallest absolute Gasteiger partial charge is 0.180 e. The van der Waals surface area contributed by atoms with Gasteiger partial charge in [-0.3, -0.25) is 0 Å². The van der Waals surface area contributed by atoms with Gasteiger partial charge in [0, 0.05) is 11.6 Å². The van der Waals surface area contributed by atoms with Gasteiger partial charge in [-0.05, 0) is 17.6 Å². The Balaban J connectivity index is 0.000000168. The summed E-state index contributed by atoms with van der Waals surface area (Å²) in [7, 11) is 0. The van der Waals surface area contributed by atoms with Crippen LogP contribution in [-0.4, -0.2) is 9.36 Å². The van der Waals surface area contributed by atoms with Gasteiger partial charge in [-0.2, -0.15) is 0 Å². The average Bonchev–Trinajstić information content (AvgIpc) is 2.87. The second-order valence-corrected chi connectivity index (χ2v) is 2.06. The standard InChI is InChI=1S/C3H3NO.C3H3NS.C2H6/c1-2-5-3-4-1;1-2-4-5-3-1;1-2/h2*1-3H;1-2H3. The van der Waals surface area contributed by atoms with Crippen molar-refractivity contribution in [3.63, 3.8) is 0 Å². The molecule has 0 aliphatic rings. The number of oxazole rings is 1. The first-order chi connectivity index (χ1) is 6.00. The van der Waals surface area contributed by atoms with E-state index in [9.17, 15) is 0 Å². The summed E-state index contributed by atoms with van der Waals surface area (Å²) in [5.41, 5.74) is 0. The van der Waals surface area contributed by atoms with Crippen LogP contribution >= 0.6 is 11.5 Å². The van der Waals surface area contributed by atoms with Gasteiger partial charge in [-0.1, -0.05) is 13.8 Å². The van der Waals surface area contributed by atoms with Crippen molar-refractivity contribution in [2.75, 3.05) is 0 Å². The summed E-state index contributed by atoms with van der Waals surface area (Å²) in [5.74, 6) is 0. The topological polar surface area (TPSA) is 38.9 Å². The van der Waals surface area contributed by atoms with Crippen molar-refractivity contribution in [1.29, 1.82) is 0 Å². The zero-order chi connectivity index (χ0) is 9.07. The van der Waals surface area contributed by atoms with Gasteiger partial charge >= 0.3 is 0 Å². The molecule has 2 aromatic heterocycles. The third-order valence-electron chi connectivity index (χ3n) is 0.694. The van der Waals surface area contributed by atoms with Crippen molar-refractivity contribution in [2.24, 2.45) is 0 Å². The first-order valence-corrected chi connectivity index (χ1v) is 4.50. The van der Waals surface area contributed by atoms with E-state index in [-0.39, 0.29) is 0 Å². The molecule has 2 aromatic rings. The quantitative estimate of drug-likeness (QED) is 0.632. The monoisotopic (exact) mass is 184 g/mol. The molecule has 4 heteroatoms. The van der Waals surface area contributed by atoms with Gasteiger partial charge in [0.2, 0.25) is 0 Å². The van der Waals surface area contributed by atoms with Gasteiger partial charge in [0.1, 0.15) is 6.26 Å². The lowest BCUT2D eigenvalue weighted by Gasteiger charge is -1.47. The Bertz CT molecular complexity index is 156. The molecule has 0 saturated heterocycles. The molecule has 66 valence electrons. The summed E-state index contributed by atoms with van der Waals surface area (Å²) >= 11 is 1.46. The van der Waals surface area contributed by atoms with E-state index in [2.05, 4.69) is 13.8 Å². The Morgan fingerprint density at radius 1 is 1.25 bits per heavy atom. The summed E-state index contributed by atoms with van der Waals surface area (Å²) in [6, 6.07) is 1.91. The molecule has 2 rings (SSSR count). The number of rotatable bonds is 0. The molecule has 0 saturated carbocycles. The SMILES string of the molecule is CC.c1cnsc1.c1cocn1. The molecule has 0 aliphatic heterocycles. The van der Waals surface area contributed by atoms with Gasteiger partial charge in [-0.25, -0.2) is 9.36 Å². The van der Waals surface area contributed by atoms with E-state index in [0.717, 1.165) is 0 Å². The fourth-order valence-corrected chi connectivity index (χ4v) is 0.703. The fraction of sp³-hybridized carbons (Fsp3) is 0.250. The molecular formula is C8H12N2OS. The third kappa shape index (κ3) is 6.95. The highest BCUT2D eigenvalue weighted by molar-refractivity contribution is 7.03. The molecule has 0 bridgehead atoms. The summed E-state index contributed by atoms with van der Waals surface area (Å²) in [6.07, 6.45) is 6.24. The van der Waals surface area contributed by atoms with E-state index in [1.54, 1.807) is 12.4 Å². The van der Waals surface area contributed by atoms with E-state index in [1.807, 2.05) is 25.3 Å². The lowest BCUT2D eigenvalue weighted by molar-refractivity contribution is 0.558. The number of aromatic nitrogens is 2. The minimum atomic E-state index is 1.38. The molecule has 0 amide bonds. The van der Waals surface area contributed by atoms with Gasteiger partial charge in [0.15, 0.2) is 6.39 Å². The number of nitrogens with zero attached hydrogens (tertiary/aromatic N) is 2. The maximum atomic E-state index is 4.47. The second-order valence-electron chi connectivity index (χ2n) is 1.36. The molecule has 0 radical (unpaired) electrons. The second kappa shape index (κ2) is 9.84. The van der Waals surface area contributed by atoms with Crippen LogP contribution in [0.4, 0.5) is 0 Å². The third-order valence-corrected chi connectivity index (χ3v) is 1.22. The molecule has 12 heavy (non-hydrogen) atoms. The van der Waals surface area contributed by atoms with Crippen LogP contribution in [0.3, 0.4) is 0 Å². The van der Waals surface area contributed by atoms with Crippen molar-refractivity contribution in [3.05, 3.63) is 36.5 Å². The minimum Gasteiger partial charge on any atom is -0.452 e. The Kier molecular flexibility index (Phi) is 8.89. The Hall–Kier alpha value is -1.16. The maximum Gasteiger partial charge on any atom is 0.180 e. The Labute approximate surface area is 76.2 Å². The fourth-order valence-electron chi connectivity index (χ4n) is 0.351. The summed E-state index contributed by atoms with van der Waals surface area (Å²) in [4.78, 5) is 3.56. The largest absolute Gasteiger partial charge is 0.452 e. The molecule has 2 heterocycles. The molecule has 0 aromatic carbocycles. The zero-order valence-corrected chi connectivity index (χ0v) is 7.99. The zero-order valence-electron chi connectivity index (χ0n) is 7.18. The Morgan fingerprint density at radius 2 is 2.08 bits per heavy atom.